The van der Waals surface area contributed by atoms with Gasteiger partial charge in [-0.2, -0.15) is 0 Å². The Hall–Kier alpha value is -2.61. The molecule has 2 N–H and O–H groups in total. The first-order chi connectivity index (χ1) is 8.66. The summed E-state index contributed by atoms with van der Waals surface area (Å²) in [5, 5.41) is 3.11. The summed E-state index contributed by atoms with van der Waals surface area (Å²) >= 11 is 0. The van der Waals surface area contributed by atoms with Crippen LogP contribution in [-0.4, -0.2) is 22.4 Å². The first-order valence-corrected chi connectivity index (χ1v) is 5.37. The normalized spacial score (nSPS) is 9.61. The molecule has 0 spiro atoms. The number of aromatic nitrogens is 2. The summed E-state index contributed by atoms with van der Waals surface area (Å²) < 4.78 is 0. The van der Waals surface area contributed by atoms with Crippen LogP contribution < -0.4 is 10.9 Å². The molecule has 1 amide bonds. The highest BCUT2D eigenvalue weighted by molar-refractivity contribution is 5.78. The first kappa shape index (κ1) is 11.9. The van der Waals surface area contributed by atoms with Crippen LogP contribution in [0.3, 0.4) is 0 Å². The first-order valence-electron chi connectivity index (χ1n) is 5.37. The predicted molar refractivity (Wildman–Crippen MR) is 67.9 cm³/mol. The maximum Gasteiger partial charge on any atom is 0.258 e. The Balaban J connectivity index is 2.25. The summed E-state index contributed by atoms with van der Waals surface area (Å²) in [4.78, 5) is 28.7. The molecule has 5 heteroatoms. The molecule has 0 saturated carbocycles. The fourth-order valence-corrected chi connectivity index (χ4v) is 1.46. The third kappa shape index (κ3) is 2.74. The van der Waals surface area contributed by atoms with Gasteiger partial charge in [0.15, 0.2) is 0 Å². The van der Waals surface area contributed by atoms with Gasteiger partial charge in [-0.3, -0.25) is 9.59 Å². The molecule has 0 bridgehead atoms. The fourth-order valence-electron chi connectivity index (χ4n) is 1.46. The van der Waals surface area contributed by atoms with E-state index in [9.17, 15) is 9.59 Å². The Morgan fingerprint density at radius 1 is 1.50 bits per heavy atom. The van der Waals surface area contributed by atoms with E-state index in [-0.39, 0.29) is 11.5 Å². The minimum Gasteiger partial charge on any atom is -0.345 e. The summed E-state index contributed by atoms with van der Waals surface area (Å²) in [6.07, 6.45) is 1.36. The minimum absolute atomic E-state index is 0.115. The van der Waals surface area contributed by atoms with Gasteiger partial charge in [0.2, 0.25) is 5.91 Å². The Morgan fingerprint density at radius 3 is 3.11 bits per heavy atom. The molecule has 1 aromatic carbocycles. The largest absolute Gasteiger partial charge is 0.345 e. The maximum atomic E-state index is 11.4. The van der Waals surface area contributed by atoms with Crippen LogP contribution in [0, 0.1) is 11.8 Å². The van der Waals surface area contributed by atoms with Gasteiger partial charge in [0.25, 0.3) is 5.56 Å². The van der Waals surface area contributed by atoms with Crippen LogP contribution in [0.1, 0.15) is 12.5 Å². The van der Waals surface area contributed by atoms with Crippen molar-refractivity contribution >= 4 is 16.8 Å². The van der Waals surface area contributed by atoms with Crippen molar-refractivity contribution < 1.29 is 4.79 Å². The van der Waals surface area contributed by atoms with E-state index >= 15 is 0 Å². The van der Waals surface area contributed by atoms with E-state index in [4.69, 9.17) is 0 Å². The average Bonchev–Trinajstić information content (AvgIpc) is 2.35. The van der Waals surface area contributed by atoms with Gasteiger partial charge in [-0.05, 0) is 18.2 Å². The SMILES string of the molecule is CC(=O)NCC#Cc1ccc2c(=O)[nH]cnc2c1. The van der Waals surface area contributed by atoms with Gasteiger partial charge in [0, 0.05) is 12.5 Å². The van der Waals surface area contributed by atoms with E-state index in [1.54, 1.807) is 18.2 Å². The lowest BCUT2D eigenvalue weighted by atomic mass is 10.1. The fraction of sp³-hybridized carbons (Fsp3) is 0.154. The molecule has 5 nitrogen and oxygen atoms in total. The molecule has 2 rings (SSSR count). The predicted octanol–water partition coefficient (Wildman–Crippen LogP) is 0.411. The zero-order valence-electron chi connectivity index (χ0n) is 9.78. The van der Waals surface area contributed by atoms with Crippen LogP contribution in [0.15, 0.2) is 29.3 Å². The van der Waals surface area contributed by atoms with Gasteiger partial charge in [-0.1, -0.05) is 11.8 Å². The number of nitrogens with one attached hydrogen (secondary N) is 2. The smallest absolute Gasteiger partial charge is 0.258 e. The average molecular weight is 241 g/mol. The zero-order chi connectivity index (χ0) is 13.0. The number of H-pyrrole nitrogens is 1. The second-order valence-corrected chi connectivity index (χ2v) is 3.68. The van der Waals surface area contributed by atoms with Gasteiger partial charge < -0.3 is 10.3 Å². The Bertz CT molecular complexity index is 707. The quantitative estimate of drug-likeness (QED) is 0.710. The molecule has 90 valence electrons. The number of amides is 1. The van der Waals surface area contributed by atoms with Crippen molar-refractivity contribution in [3.8, 4) is 11.8 Å². The number of carbonyl (C=O) groups excluding carboxylic acids is 1. The second kappa shape index (κ2) is 5.15. The summed E-state index contributed by atoms with van der Waals surface area (Å²) in [6, 6.07) is 5.18. The molecule has 0 saturated heterocycles. The molecule has 0 aliphatic carbocycles. The van der Waals surface area contributed by atoms with Crippen LogP contribution in [0.25, 0.3) is 10.9 Å². The monoisotopic (exact) mass is 241 g/mol. The number of nitrogens with zero attached hydrogens (tertiary/aromatic N) is 1. The second-order valence-electron chi connectivity index (χ2n) is 3.68. The molecular formula is C13H11N3O2. The molecule has 0 unspecified atom stereocenters. The van der Waals surface area contributed by atoms with Crippen molar-refractivity contribution in [3.63, 3.8) is 0 Å². The van der Waals surface area contributed by atoms with Crippen molar-refractivity contribution in [1.82, 2.24) is 15.3 Å². The molecule has 0 aliphatic heterocycles. The van der Waals surface area contributed by atoms with E-state index in [0.717, 1.165) is 5.56 Å². The number of fused-ring (bicyclic) bond motifs is 1. The van der Waals surface area contributed by atoms with Crippen LogP contribution in [0.4, 0.5) is 0 Å². The van der Waals surface area contributed by atoms with Gasteiger partial charge in [0.1, 0.15) is 0 Å². The van der Waals surface area contributed by atoms with E-state index in [2.05, 4.69) is 27.1 Å². The lowest BCUT2D eigenvalue weighted by Crippen LogP contribution is -2.19. The van der Waals surface area contributed by atoms with Gasteiger partial charge in [0.05, 0.1) is 23.8 Å². The van der Waals surface area contributed by atoms with Crippen molar-refractivity contribution in [2.24, 2.45) is 0 Å². The Kier molecular flexibility index (Phi) is 3.39. The van der Waals surface area contributed by atoms with E-state index in [0.29, 0.717) is 17.4 Å². The number of aromatic amines is 1. The lowest BCUT2D eigenvalue weighted by Gasteiger charge is -1.96. The van der Waals surface area contributed by atoms with Gasteiger partial charge in [-0.25, -0.2) is 4.98 Å². The highest BCUT2D eigenvalue weighted by Crippen LogP contribution is 2.08. The number of hydrogen-bond acceptors (Lipinski definition) is 3. The van der Waals surface area contributed by atoms with Crippen molar-refractivity contribution in [2.45, 2.75) is 6.92 Å². The van der Waals surface area contributed by atoms with Crippen LogP contribution in [0.2, 0.25) is 0 Å². The summed E-state index contributed by atoms with van der Waals surface area (Å²) in [5.74, 6) is 5.60. The number of benzene rings is 1. The molecule has 1 aromatic heterocycles. The van der Waals surface area contributed by atoms with Crippen molar-refractivity contribution in [3.05, 3.63) is 40.4 Å². The maximum absolute atomic E-state index is 11.4. The molecule has 1 heterocycles. The van der Waals surface area contributed by atoms with E-state index in [1.165, 1.54) is 13.3 Å². The van der Waals surface area contributed by atoms with E-state index in [1.807, 2.05) is 0 Å². The van der Waals surface area contributed by atoms with Gasteiger partial charge in [-0.15, -0.1) is 0 Å². The third-order valence-corrected chi connectivity index (χ3v) is 2.30. The summed E-state index contributed by atoms with van der Waals surface area (Å²) in [7, 11) is 0. The van der Waals surface area contributed by atoms with Gasteiger partial charge >= 0.3 is 0 Å². The zero-order valence-corrected chi connectivity index (χ0v) is 9.78. The minimum atomic E-state index is -0.169. The molecule has 0 atom stereocenters. The van der Waals surface area contributed by atoms with E-state index < -0.39 is 0 Å². The number of rotatable bonds is 1. The Labute approximate surface area is 103 Å². The van der Waals surface area contributed by atoms with Crippen molar-refractivity contribution in [2.75, 3.05) is 6.54 Å². The summed E-state index contributed by atoms with van der Waals surface area (Å²) in [6.45, 7) is 1.74. The summed E-state index contributed by atoms with van der Waals surface area (Å²) in [5.41, 5.74) is 1.19. The topological polar surface area (TPSA) is 74.8 Å². The highest BCUT2D eigenvalue weighted by atomic mass is 16.1. The standard InChI is InChI=1S/C13H11N3O2/c1-9(17)14-6-2-3-10-4-5-11-12(7-10)15-8-16-13(11)18/h4-5,7-8H,6H2,1H3,(H,14,17)(H,15,16,18). The molecule has 18 heavy (non-hydrogen) atoms. The molecule has 0 fully saturated rings. The van der Waals surface area contributed by atoms with Crippen LogP contribution in [-0.2, 0) is 4.79 Å². The van der Waals surface area contributed by atoms with Crippen molar-refractivity contribution in [1.29, 1.82) is 0 Å². The number of carbonyl (C=O) groups is 1. The molecule has 2 aromatic rings. The van der Waals surface area contributed by atoms with Crippen LogP contribution >= 0.6 is 0 Å². The molecular weight excluding hydrogens is 230 g/mol. The molecule has 0 aliphatic rings. The number of hydrogen-bond donors (Lipinski definition) is 2. The lowest BCUT2D eigenvalue weighted by molar-refractivity contribution is -0.118. The third-order valence-electron chi connectivity index (χ3n) is 2.30. The van der Waals surface area contributed by atoms with Crippen LogP contribution in [0.5, 0.6) is 0 Å². The highest BCUT2D eigenvalue weighted by Gasteiger charge is 1.98. The Morgan fingerprint density at radius 2 is 2.33 bits per heavy atom. The molecule has 0 radical (unpaired) electrons.